The first-order valence-electron chi connectivity index (χ1n) is 9.97. The van der Waals surface area contributed by atoms with Gasteiger partial charge in [0.2, 0.25) is 0 Å². The van der Waals surface area contributed by atoms with Crippen molar-refractivity contribution in [3.05, 3.63) is 95.6 Å². The fourth-order valence-corrected chi connectivity index (χ4v) is 5.82. The molecule has 1 heterocycles. The summed E-state index contributed by atoms with van der Waals surface area (Å²) in [5.74, 6) is 0. The van der Waals surface area contributed by atoms with E-state index in [-0.39, 0.29) is 0 Å². The third kappa shape index (κ3) is 2.30. The number of fused-ring (bicyclic) bond motifs is 6. The van der Waals surface area contributed by atoms with Crippen LogP contribution in [0.1, 0.15) is 23.6 Å². The number of hydrogen-bond acceptors (Lipinski definition) is 1. The van der Waals surface area contributed by atoms with Crippen LogP contribution in [0.25, 0.3) is 42.4 Å². The Hall–Kier alpha value is -2.90. The predicted molar refractivity (Wildman–Crippen MR) is 122 cm³/mol. The number of benzene rings is 4. The molecule has 0 amide bonds. The molecular weight excluding hydrogens is 356 g/mol. The molecule has 4 aromatic carbocycles. The van der Waals surface area contributed by atoms with Gasteiger partial charge in [0.15, 0.2) is 0 Å². The monoisotopic (exact) mass is 376 g/mol. The van der Waals surface area contributed by atoms with E-state index in [1.165, 1.54) is 59.1 Å². The van der Waals surface area contributed by atoms with Crippen LogP contribution in [0.4, 0.5) is 0 Å². The zero-order chi connectivity index (χ0) is 18.7. The minimum Gasteiger partial charge on any atom is -0.135 e. The van der Waals surface area contributed by atoms with Gasteiger partial charge in [0.1, 0.15) is 0 Å². The highest BCUT2D eigenvalue weighted by Gasteiger charge is 2.20. The first-order valence-corrected chi connectivity index (χ1v) is 10.8. The Labute approximate surface area is 169 Å². The lowest BCUT2D eigenvalue weighted by atomic mass is 9.96. The van der Waals surface area contributed by atoms with Gasteiger partial charge >= 0.3 is 0 Å². The molecule has 1 aliphatic rings. The molecule has 0 nitrogen and oxygen atoms in total. The summed E-state index contributed by atoms with van der Waals surface area (Å²) in [6.45, 7) is 2.23. The summed E-state index contributed by atoms with van der Waals surface area (Å²) in [6, 6.07) is 29.5. The molecule has 1 aromatic heterocycles. The summed E-state index contributed by atoms with van der Waals surface area (Å²) >= 11 is 1.91. The molecule has 0 atom stereocenters. The van der Waals surface area contributed by atoms with E-state index in [0.29, 0.717) is 0 Å². The highest BCUT2D eigenvalue weighted by Crippen LogP contribution is 2.43. The van der Waals surface area contributed by atoms with Crippen LogP contribution in [-0.4, -0.2) is 0 Å². The largest absolute Gasteiger partial charge is 0.135 e. The van der Waals surface area contributed by atoms with E-state index in [4.69, 9.17) is 0 Å². The fourth-order valence-electron chi connectivity index (χ4n) is 4.58. The quantitative estimate of drug-likeness (QED) is 0.288. The molecule has 0 fully saturated rings. The second kappa shape index (κ2) is 6.05. The molecule has 0 saturated heterocycles. The first kappa shape index (κ1) is 16.1. The number of aryl methyl sites for hydroxylation is 1. The van der Waals surface area contributed by atoms with Crippen LogP contribution < -0.4 is 0 Å². The van der Waals surface area contributed by atoms with E-state index < -0.39 is 0 Å². The molecule has 5 aromatic rings. The predicted octanol–water partition coefficient (Wildman–Crippen LogP) is 7.86. The molecule has 0 saturated carbocycles. The van der Waals surface area contributed by atoms with Crippen molar-refractivity contribution in [1.29, 1.82) is 0 Å². The molecule has 1 aliphatic carbocycles. The highest BCUT2D eigenvalue weighted by atomic mass is 32.1. The maximum atomic E-state index is 2.42. The van der Waals surface area contributed by atoms with Gasteiger partial charge < -0.3 is 0 Å². The van der Waals surface area contributed by atoms with Gasteiger partial charge in [0.05, 0.1) is 0 Å². The van der Waals surface area contributed by atoms with E-state index in [0.717, 1.165) is 12.8 Å². The SMILES string of the molecule is CCc1ccc2c(c1)-c1cc(-c3cccc4c3sc3ccccc34)ccc1C2. The van der Waals surface area contributed by atoms with Crippen molar-refractivity contribution in [2.75, 3.05) is 0 Å². The molecule has 0 bridgehead atoms. The van der Waals surface area contributed by atoms with Crippen molar-refractivity contribution in [3.63, 3.8) is 0 Å². The Morgan fingerprint density at radius 1 is 0.714 bits per heavy atom. The molecule has 134 valence electrons. The molecule has 28 heavy (non-hydrogen) atoms. The molecule has 0 N–H and O–H groups in total. The van der Waals surface area contributed by atoms with Gasteiger partial charge in [-0.3, -0.25) is 0 Å². The van der Waals surface area contributed by atoms with Gasteiger partial charge in [0.25, 0.3) is 0 Å². The van der Waals surface area contributed by atoms with Crippen LogP contribution >= 0.6 is 11.3 Å². The standard InChI is InChI=1S/C27H20S/c1-2-17-10-11-18-15-19-12-13-20(16-25(19)24(18)14-17)21-7-5-8-23-22-6-3-4-9-26(22)28-27(21)23/h3-14,16H,2,15H2,1H3. The van der Waals surface area contributed by atoms with E-state index in [2.05, 4.69) is 85.8 Å². The van der Waals surface area contributed by atoms with Crippen molar-refractivity contribution in [2.45, 2.75) is 19.8 Å². The highest BCUT2D eigenvalue weighted by molar-refractivity contribution is 7.26. The normalized spacial score (nSPS) is 12.5. The molecular formula is C27H20S. The van der Waals surface area contributed by atoms with Crippen LogP contribution in [0.3, 0.4) is 0 Å². The molecule has 6 rings (SSSR count). The van der Waals surface area contributed by atoms with Crippen LogP contribution in [0, 0.1) is 0 Å². The Morgan fingerprint density at radius 3 is 2.39 bits per heavy atom. The van der Waals surface area contributed by atoms with Crippen LogP contribution in [-0.2, 0) is 12.8 Å². The zero-order valence-corrected chi connectivity index (χ0v) is 16.6. The van der Waals surface area contributed by atoms with Crippen LogP contribution in [0.15, 0.2) is 78.9 Å². The Bertz CT molecular complexity index is 1370. The van der Waals surface area contributed by atoms with Crippen molar-refractivity contribution in [3.8, 4) is 22.3 Å². The Kier molecular flexibility index (Phi) is 3.48. The zero-order valence-electron chi connectivity index (χ0n) is 15.8. The van der Waals surface area contributed by atoms with Gasteiger partial charge in [-0.05, 0) is 63.9 Å². The molecule has 1 heteroatoms. The van der Waals surface area contributed by atoms with Gasteiger partial charge in [-0.1, -0.05) is 73.7 Å². The van der Waals surface area contributed by atoms with E-state index >= 15 is 0 Å². The molecule has 0 unspecified atom stereocenters. The van der Waals surface area contributed by atoms with Crippen molar-refractivity contribution in [1.82, 2.24) is 0 Å². The van der Waals surface area contributed by atoms with E-state index in [1.54, 1.807) is 0 Å². The Balaban J connectivity index is 1.58. The topological polar surface area (TPSA) is 0 Å². The average molecular weight is 377 g/mol. The molecule has 0 aliphatic heterocycles. The summed E-state index contributed by atoms with van der Waals surface area (Å²) in [7, 11) is 0. The first-order chi connectivity index (χ1) is 13.8. The van der Waals surface area contributed by atoms with Crippen molar-refractivity contribution >= 4 is 31.5 Å². The third-order valence-electron chi connectivity index (χ3n) is 6.08. The summed E-state index contributed by atoms with van der Waals surface area (Å²) in [6.07, 6.45) is 2.14. The fraction of sp³-hybridized carbons (Fsp3) is 0.111. The summed E-state index contributed by atoms with van der Waals surface area (Å²) < 4.78 is 2.76. The lowest BCUT2D eigenvalue weighted by Crippen LogP contribution is -1.84. The summed E-state index contributed by atoms with van der Waals surface area (Å²) in [4.78, 5) is 0. The number of rotatable bonds is 2. The molecule has 0 spiro atoms. The average Bonchev–Trinajstić information content (AvgIpc) is 3.30. The van der Waals surface area contributed by atoms with Crippen molar-refractivity contribution in [2.24, 2.45) is 0 Å². The van der Waals surface area contributed by atoms with Crippen LogP contribution in [0.2, 0.25) is 0 Å². The van der Waals surface area contributed by atoms with Crippen molar-refractivity contribution < 1.29 is 0 Å². The van der Waals surface area contributed by atoms with Gasteiger partial charge in [0, 0.05) is 20.2 Å². The van der Waals surface area contributed by atoms with E-state index in [1.807, 2.05) is 11.3 Å². The number of hydrogen-bond donors (Lipinski definition) is 0. The number of thiophene rings is 1. The summed E-state index contributed by atoms with van der Waals surface area (Å²) in [5, 5.41) is 2.73. The van der Waals surface area contributed by atoms with Gasteiger partial charge in [-0.2, -0.15) is 0 Å². The maximum Gasteiger partial charge on any atom is 0.0433 e. The third-order valence-corrected chi connectivity index (χ3v) is 7.30. The smallest absolute Gasteiger partial charge is 0.0433 e. The minimum atomic E-state index is 1.06. The maximum absolute atomic E-state index is 2.42. The van der Waals surface area contributed by atoms with Gasteiger partial charge in [-0.25, -0.2) is 0 Å². The second-order valence-corrected chi connectivity index (χ2v) is 8.73. The summed E-state index contributed by atoms with van der Waals surface area (Å²) in [5.41, 5.74) is 9.86. The lowest BCUT2D eigenvalue weighted by Gasteiger charge is -2.08. The van der Waals surface area contributed by atoms with Gasteiger partial charge in [-0.15, -0.1) is 11.3 Å². The van der Waals surface area contributed by atoms with Crippen LogP contribution in [0.5, 0.6) is 0 Å². The second-order valence-electron chi connectivity index (χ2n) is 7.67. The Morgan fingerprint density at radius 2 is 1.50 bits per heavy atom. The minimum absolute atomic E-state index is 1.06. The van der Waals surface area contributed by atoms with E-state index in [9.17, 15) is 0 Å². The lowest BCUT2D eigenvalue weighted by molar-refractivity contribution is 1.13. The molecule has 0 radical (unpaired) electrons.